The Balaban J connectivity index is 1.81. The van der Waals surface area contributed by atoms with E-state index in [4.69, 9.17) is 0 Å². The molecule has 0 spiro atoms. The minimum atomic E-state index is -0.265. The normalized spacial score (nSPS) is 13.1. The molecule has 0 aliphatic rings. The number of nitrogens with zero attached hydrogens (tertiary/aromatic N) is 5. The standard InChI is InChI=1S/C29H38N6O/c1-8-21-13-14-25-23(15-21)16-24(28(36)30-25)18-34(17-22-11-9-20(4)10-12-22)26(19(2)3)27-31-32-33-35(27)29(5,6)7/h9-16,19,26H,8,17-18H2,1-7H3,(H,30,36). The van der Waals surface area contributed by atoms with E-state index >= 15 is 0 Å². The Bertz CT molecular complexity index is 1380. The molecule has 1 atom stereocenters. The largest absolute Gasteiger partial charge is 0.322 e. The molecule has 0 bridgehead atoms. The number of hydrogen-bond donors (Lipinski definition) is 1. The fourth-order valence-corrected chi connectivity index (χ4v) is 4.78. The summed E-state index contributed by atoms with van der Waals surface area (Å²) in [7, 11) is 0. The van der Waals surface area contributed by atoms with Crippen LogP contribution in [0.4, 0.5) is 0 Å². The average molecular weight is 487 g/mol. The van der Waals surface area contributed by atoms with Gasteiger partial charge in [0.05, 0.1) is 11.6 Å². The molecule has 4 aromatic rings. The van der Waals surface area contributed by atoms with Gasteiger partial charge in [0.15, 0.2) is 5.82 Å². The van der Waals surface area contributed by atoms with Crippen molar-refractivity contribution in [3.8, 4) is 0 Å². The molecular weight excluding hydrogens is 448 g/mol. The third-order valence-electron chi connectivity index (χ3n) is 6.69. The van der Waals surface area contributed by atoms with E-state index in [2.05, 4.69) is 110 Å². The molecule has 7 nitrogen and oxygen atoms in total. The first-order chi connectivity index (χ1) is 17.1. The summed E-state index contributed by atoms with van der Waals surface area (Å²) in [5, 5.41) is 13.9. The second kappa shape index (κ2) is 10.3. The maximum Gasteiger partial charge on any atom is 0.252 e. The Morgan fingerprint density at radius 2 is 1.69 bits per heavy atom. The molecule has 0 amide bonds. The third-order valence-corrected chi connectivity index (χ3v) is 6.69. The van der Waals surface area contributed by atoms with Crippen molar-refractivity contribution >= 4 is 10.9 Å². The molecule has 2 heterocycles. The molecule has 4 rings (SSSR count). The van der Waals surface area contributed by atoms with Crippen LogP contribution in [0.25, 0.3) is 10.9 Å². The monoisotopic (exact) mass is 486 g/mol. The summed E-state index contributed by atoms with van der Waals surface area (Å²) in [5.41, 5.74) is 4.94. The molecule has 190 valence electrons. The molecule has 7 heteroatoms. The van der Waals surface area contributed by atoms with E-state index in [1.807, 2.05) is 16.8 Å². The van der Waals surface area contributed by atoms with E-state index in [0.29, 0.717) is 13.1 Å². The fourth-order valence-electron chi connectivity index (χ4n) is 4.78. The van der Waals surface area contributed by atoms with Crippen LogP contribution in [0.15, 0.2) is 53.3 Å². The number of benzene rings is 2. The minimum absolute atomic E-state index is 0.0569. The Hall–Kier alpha value is -3.32. The van der Waals surface area contributed by atoms with Crippen LogP contribution < -0.4 is 5.56 Å². The van der Waals surface area contributed by atoms with E-state index in [9.17, 15) is 4.79 Å². The quantitative estimate of drug-likeness (QED) is 0.354. The number of aryl methyl sites for hydroxylation is 2. The molecule has 36 heavy (non-hydrogen) atoms. The smallest absolute Gasteiger partial charge is 0.252 e. The van der Waals surface area contributed by atoms with Crippen LogP contribution in [0.1, 0.15) is 75.7 Å². The third kappa shape index (κ3) is 5.57. The molecule has 0 saturated carbocycles. The number of tetrazole rings is 1. The van der Waals surface area contributed by atoms with Gasteiger partial charge in [-0.1, -0.05) is 56.7 Å². The van der Waals surface area contributed by atoms with E-state index in [-0.39, 0.29) is 23.1 Å². The highest BCUT2D eigenvalue weighted by Crippen LogP contribution is 2.32. The zero-order valence-corrected chi connectivity index (χ0v) is 22.5. The van der Waals surface area contributed by atoms with Crippen molar-refractivity contribution in [2.75, 3.05) is 0 Å². The summed E-state index contributed by atoms with van der Waals surface area (Å²) in [6.07, 6.45) is 0.953. The number of nitrogens with one attached hydrogen (secondary N) is 1. The van der Waals surface area contributed by atoms with Crippen LogP contribution in [-0.2, 0) is 25.0 Å². The van der Waals surface area contributed by atoms with Gasteiger partial charge in [-0.05, 0) is 85.2 Å². The van der Waals surface area contributed by atoms with Crippen LogP contribution in [0, 0.1) is 12.8 Å². The molecule has 1 unspecified atom stereocenters. The minimum Gasteiger partial charge on any atom is -0.322 e. The van der Waals surface area contributed by atoms with E-state index in [1.54, 1.807) is 0 Å². The topological polar surface area (TPSA) is 79.7 Å². The predicted octanol–water partition coefficient (Wildman–Crippen LogP) is 5.54. The van der Waals surface area contributed by atoms with Gasteiger partial charge >= 0.3 is 0 Å². The highest BCUT2D eigenvalue weighted by Gasteiger charge is 2.33. The SMILES string of the molecule is CCc1ccc2[nH]c(=O)c(CN(Cc3ccc(C)cc3)C(c3nnnn3C(C)(C)C)C(C)C)cc2c1. The second-order valence-corrected chi connectivity index (χ2v) is 11.1. The van der Waals surface area contributed by atoms with Crippen molar-refractivity contribution in [1.82, 2.24) is 30.1 Å². The number of fused-ring (bicyclic) bond motifs is 1. The molecule has 0 radical (unpaired) electrons. The van der Waals surface area contributed by atoms with Crippen molar-refractivity contribution in [2.24, 2.45) is 5.92 Å². The lowest BCUT2D eigenvalue weighted by molar-refractivity contribution is 0.119. The molecule has 2 aromatic heterocycles. The maximum atomic E-state index is 13.2. The van der Waals surface area contributed by atoms with Crippen molar-refractivity contribution in [1.29, 1.82) is 0 Å². The number of aromatic nitrogens is 5. The van der Waals surface area contributed by atoms with Gasteiger partial charge in [-0.15, -0.1) is 5.10 Å². The second-order valence-electron chi connectivity index (χ2n) is 11.1. The maximum absolute atomic E-state index is 13.2. The van der Waals surface area contributed by atoms with E-state index in [1.165, 1.54) is 16.7 Å². The van der Waals surface area contributed by atoms with E-state index < -0.39 is 0 Å². The van der Waals surface area contributed by atoms with Crippen molar-refractivity contribution in [2.45, 2.75) is 79.6 Å². The molecule has 0 saturated heterocycles. The molecule has 1 N–H and O–H groups in total. The van der Waals surface area contributed by atoms with Gasteiger partial charge in [-0.3, -0.25) is 9.69 Å². The Morgan fingerprint density at radius 1 is 1.00 bits per heavy atom. The van der Waals surface area contributed by atoms with Gasteiger partial charge in [-0.25, -0.2) is 4.68 Å². The summed E-state index contributed by atoms with van der Waals surface area (Å²) in [6, 6.07) is 16.8. The van der Waals surface area contributed by atoms with Crippen molar-refractivity contribution in [3.05, 3.63) is 87.0 Å². The number of hydrogen-bond acceptors (Lipinski definition) is 5. The lowest BCUT2D eigenvalue weighted by Crippen LogP contribution is -2.37. The number of pyridine rings is 1. The van der Waals surface area contributed by atoms with Gasteiger partial charge in [0, 0.05) is 24.2 Å². The Morgan fingerprint density at radius 3 is 2.33 bits per heavy atom. The fraction of sp³-hybridized carbons (Fsp3) is 0.448. The van der Waals surface area contributed by atoms with Crippen LogP contribution >= 0.6 is 0 Å². The van der Waals surface area contributed by atoms with Gasteiger partial charge in [0.1, 0.15) is 0 Å². The molecule has 0 aliphatic carbocycles. The molecule has 0 fully saturated rings. The number of rotatable bonds is 8. The summed E-state index contributed by atoms with van der Waals surface area (Å²) in [4.78, 5) is 18.6. The highest BCUT2D eigenvalue weighted by molar-refractivity contribution is 5.79. The predicted molar refractivity (Wildman–Crippen MR) is 145 cm³/mol. The van der Waals surface area contributed by atoms with Crippen LogP contribution in [0.2, 0.25) is 0 Å². The first-order valence-electron chi connectivity index (χ1n) is 12.8. The average Bonchev–Trinajstić information content (AvgIpc) is 3.30. The zero-order valence-electron chi connectivity index (χ0n) is 22.5. The number of aromatic amines is 1. The van der Waals surface area contributed by atoms with Gasteiger partial charge in [0.25, 0.3) is 5.56 Å². The molecular formula is C29H38N6O. The Kier molecular flexibility index (Phi) is 7.41. The summed E-state index contributed by atoms with van der Waals surface area (Å²) < 4.78 is 1.91. The lowest BCUT2D eigenvalue weighted by atomic mass is 9.98. The van der Waals surface area contributed by atoms with Crippen LogP contribution in [0.3, 0.4) is 0 Å². The van der Waals surface area contributed by atoms with Gasteiger partial charge < -0.3 is 4.98 Å². The first kappa shape index (κ1) is 25.8. The lowest BCUT2D eigenvalue weighted by Gasteiger charge is -2.35. The van der Waals surface area contributed by atoms with Crippen molar-refractivity contribution < 1.29 is 0 Å². The van der Waals surface area contributed by atoms with Crippen LogP contribution in [-0.4, -0.2) is 30.1 Å². The Labute approximate surface area is 213 Å². The zero-order chi connectivity index (χ0) is 26.0. The molecule has 0 aliphatic heterocycles. The summed E-state index contributed by atoms with van der Waals surface area (Å²) in [5.74, 6) is 1.03. The van der Waals surface area contributed by atoms with Crippen molar-refractivity contribution in [3.63, 3.8) is 0 Å². The molecule has 2 aromatic carbocycles. The summed E-state index contributed by atoms with van der Waals surface area (Å²) >= 11 is 0. The van der Waals surface area contributed by atoms with Crippen LogP contribution in [0.5, 0.6) is 0 Å². The van der Waals surface area contributed by atoms with Gasteiger partial charge in [-0.2, -0.15) is 0 Å². The van der Waals surface area contributed by atoms with Gasteiger partial charge in [0.2, 0.25) is 0 Å². The summed E-state index contributed by atoms with van der Waals surface area (Å²) in [6.45, 7) is 16.1. The first-order valence-corrected chi connectivity index (χ1v) is 12.8. The highest BCUT2D eigenvalue weighted by atomic mass is 16.1. The number of H-pyrrole nitrogens is 1. The van der Waals surface area contributed by atoms with E-state index in [0.717, 1.165) is 28.7 Å².